The van der Waals surface area contributed by atoms with Crippen molar-refractivity contribution >= 4 is 11.8 Å². The van der Waals surface area contributed by atoms with Gasteiger partial charge < -0.3 is 10.5 Å². The summed E-state index contributed by atoms with van der Waals surface area (Å²) < 4.78 is 5.91. The van der Waals surface area contributed by atoms with E-state index in [1.54, 1.807) is 0 Å². The summed E-state index contributed by atoms with van der Waals surface area (Å²) in [7, 11) is 1.27. The third-order valence-corrected chi connectivity index (χ3v) is 2.39. The second kappa shape index (κ2) is 4.78. The molecule has 94 valence electrons. The SMILES string of the molecule is CCc1c(N)ncnc1-n1cnc(C(=O)OC)n1. The van der Waals surface area contributed by atoms with E-state index in [1.165, 1.54) is 24.4 Å². The van der Waals surface area contributed by atoms with Crippen LogP contribution in [0.5, 0.6) is 0 Å². The lowest BCUT2D eigenvalue weighted by Crippen LogP contribution is -2.09. The highest BCUT2D eigenvalue weighted by molar-refractivity contribution is 5.84. The number of hydrogen-bond acceptors (Lipinski definition) is 7. The van der Waals surface area contributed by atoms with Gasteiger partial charge in [0.15, 0.2) is 5.82 Å². The first-order chi connectivity index (χ1) is 8.67. The monoisotopic (exact) mass is 248 g/mol. The number of nitrogens with zero attached hydrogens (tertiary/aromatic N) is 5. The maximum absolute atomic E-state index is 11.3. The zero-order valence-electron chi connectivity index (χ0n) is 9.99. The van der Waals surface area contributed by atoms with E-state index in [9.17, 15) is 4.79 Å². The van der Waals surface area contributed by atoms with E-state index in [4.69, 9.17) is 5.73 Å². The van der Waals surface area contributed by atoms with Gasteiger partial charge in [0.05, 0.1) is 7.11 Å². The van der Waals surface area contributed by atoms with E-state index in [2.05, 4.69) is 24.8 Å². The van der Waals surface area contributed by atoms with Crippen LogP contribution < -0.4 is 5.73 Å². The van der Waals surface area contributed by atoms with Crippen LogP contribution in [-0.2, 0) is 11.2 Å². The molecule has 0 fully saturated rings. The van der Waals surface area contributed by atoms with Crippen molar-refractivity contribution in [2.24, 2.45) is 0 Å². The molecule has 8 nitrogen and oxygen atoms in total. The van der Waals surface area contributed by atoms with Gasteiger partial charge in [-0.1, -0.05) is 6.92 Å². The van der Waals surface area contributed by atoms with Crippen LogP contribution in [0.3, 0.4) is 0 Å². The molecule has 0 amide bonds. The number of ether oxygens (including phenoxy) is 1. The molecule has 2 aromatic heterocycles. The van der Waals surface area contributed by atoms with Gasteiger partial charge in [-0.3, -0.25) is 0 Å². The number of nitrogen functional groups attached to an aromatic ring is 1. The summed E-state index contributed by atoms with van der Waals surface area (Å²) in [5.41, 5.74) is 6.51. The molecule has 2 N–H and O–H groups in total. The van der Waals surface area contributed by atoms with Crippen LogP contribution in [0.15, 0.2) is 12.7 Å². The smallest absolute Gasteiger partial charge is 0.377 e. The number of esters is 1. The molecule has 0 radical (unpaired) electrons. The molecular weight excluding hydrogens is 236 g/mol. The normalized spacial score (nSPS) is 10.3. The fraction of sp³-hybridized carbons (Fsp3) is 0.300. The van der Waals surface area contributed by atoms with Crippen LogP contribution in [0.25, 0.3) is 5.82 Å². The van der Waals surface area contributed by atoms with Crippen molar-refractivity contribution in [2.45, 2.75) is 13.3 Å². The number of aromatic nitrogens is 5. The number of nitrogens with two attached hydrogens (primary N) is 1. The summed E-state index contributed by atoms with van der Waals surface area (Å²) in [5, 5.41) is 3.99. The molecule has 0 saturated carbocycles. The first-order valence-corrected chi connectivity index (χ1v) is 5.27. The highest BCUT2D eigenvalue weighted by atomic mass is 16.5. The largest absolute Gasteiger partial charge is 0.463 e. The minimum Gasteiger partial charge on any atom is -0.463 e. The molecule has 0 aliphatic rings. The maximum atomic E-state index is 11.3. The van der Waals surface area contributed by atoms with E-state index >= 15 is 0 Å². The topological polar surface area (TPSA) is 109 Å². The Morgan fingerprint density at radius 1 is 1.44 bits per heavy atom. The summed E-state index contributed by atoms with van der Waals surface area (Å²) in [6, 6.07) is 0. The molecule has 0 bridgehead atoms. The van der Waals surface area contributed by atoms with Crippen LogP contribution in [0.1, 0.15) is 23.1 Å². The lowest BCUT2D eigenvalue weighted by Gasteiger charge is -2.07. The molecule has 0 unspecified atom stereocenters. The average Bonchev–Trinajstić information content (AvgIpc) is 2.87. The maximum Gasteiger partial charge on any atom is 0.377 e. The van der Waals surface area contributed by atoms with E-state index in [1.807, 2.05) is 6.92 Å². The number of anilines is 1. The first-order valence-electron chi connectivity index (χ1n) is 5.27. The summed E-state index contributed by atoms with van der Waals surface area (Å²) in [4.78, 5) is 23.1. The van der Waals surface area contributed by atoms with Gasteiger partial charge in [0, 0.05) is 5.56 Å². The second-order valence-corrected chi connectivity index (χ2v) is 3.42. The third kappa shape index (κ3) is 1.99. The zero-order chi connectivity index (χ0) is 13.1. The fourth-order valence-electron chi connectivity index (χ4n) is 1.50. The Morgan fingerprint density at radius 2 is 2.22 bits per heavy atom. The van der Waals surface area contributed by atoms with Gasteiger partial charge in [-0.05, 0) is 6.42 Å². The van der Waals surface area contributed by atoms with Crippen molar-refractivity contribution in [3.05, 3.63) is 24.0 Å². The standard InChI is InChI=1S/C10H12N6O2/c1-3-6-7(11)12-4-13-9(6)16-5-14-8(15-16)10(17)18-2/h4-5H,3H2,1-2H3,(H2,11,12,13). The summed E-state index contributed by atoms with van der Waals surface area (Å²) in [6.07, 6.45) is 3.37. The molecule has 0 saturated heterocycles. The highest BCUT2D eigenvalue weighted by Crippen LogP contribution is 2.15. The van der Waals surface area contributed by atoms with Crippen molar-refractivity contribution in [1.82, 2.24) is 24.7 Å². The molecular formula is C10H12N6O2. The van der Waals surface area contributed by atoms with E-state index < -0.39 is 5.97 Å². The Labute approximate surface area is 103 Å². The predicted molar refractivity (Wildman–Crippen MR) is 62.1 cm³/mol. The van der Waals surface area contributed by atoms with Gasteiger partial charge >= 0.3 is 5.97 Å². The van der Waals surface area contributed by atoms with Crippen LogP contribution in [0.4, 0.5) is 5.82 Å². The van der Waals surface area contributed by atoms with E-state index in [-0.39, 0.29) is 5.82 Å². The van der Waals surface area contributed by atoms with Gasteiger partial charge in [0.2, 0.25) is 0 Å². The van der Waals surface area contributed by atoms with Gasteiger partial charge in [-0.25, -0.2) is 24.4 Å². The summed E-state index contributed by atoms with van der Waals surface area (Å²) in [5.74, 6) is 0.260. The molecule has 0 aliphatic carbocycles. The zero-order valence-corrected chi connectivity index (χ0v) is 9.99. The molecule has 8 heteroatoms. The molecule has 2 aromatic rings. The number of carbonyl (C=O) groups excluding carboxylic acids is 1. The molecule has 0 aromatic carbocycles. The predicted octanol–water partition coefficient (Wildman–Crippen LogP) is -0.0115. The van der Waals surface area contributed by atoms with E-state index in [0.29, 0.717) is 18.1 Å². The van der Waals surface area contributed by atoms with Crippen molar-refractivity contribution < 1.29 is 9.53 Å². The van der Waals surface area contributed by atoms with Crippen LogP contribution >= 0.6 is 0 Å². The molecule has 0 aliphatic heterocycles. The molecule has 2 heterocycles. The van der Waals surface area contributed by atoms with Crippen molar-refractivity contribution in [3.8, 4) is 5.82 Å². The number of hydrogen-bond donors (Lipinski definition) is 1. The Morgan fingerprint density at radius 3 is 2.89 bits per heavy atom. The quantitative estimate of drug-likeness (QED) is 0.760. The lowest BCUT2D eigenvalue weighted by molar-refractivity contribution is 0.0587. The van der Waals surface area contributed by atoms with Gasteiger partial charge in [-0.2, -0.15) is 0 Å². The average molecular weight is 248 g/mol. The number of methoxy groups -OCH3 is 1. The lowest BCUT2D eigenvalue weighted by atomic mass is 10.2. The number of rotatable bonds is 3. The molecule has 0 atom stereocenters. The number of carbonyl (C=O) groups is 1. The fourth-order valence-corrected chi connectivity index (χ4v) is 1.50. The summed E-state index contributed by atoms with van der Waals surface area (Å²) >= 11 is 0. The Bertz CT molecular complexity index is 579. The van der Waals surface area contributed by atoms with Gasteiger partial charge in [0.1, 0.15) is 18.5 Å². The van der Waals surface area contributed by atoms with Gasteiger partial charge in [0.25, 0.3) is 5.82 Å². The second-order valence-electron chi connectivity index (χ2n) is 3.42. The minimum atomic E-state index is -0.603. The van der Waals surface area contributed by atoms with Crippen molar-refractivity contribution in [2.75, 3.05) is 12.8 Å². The van der Waals surface area contributed by atoms with Crippen LogP contribution in [0, 0.1) is 0 Å². The minimum absolute atomic E-state index is 0.0308. The Kier molecular flexibility index (Phi) is 3.18. The van der Waals surface area contributed by atoms with Crippen molar-refractivity contribution in [1.29, 1.82) is 0 Å². The Hall–Kier alpha value is -2.51. The molecule has 0 spiro atoms. The third-order valence-electron chi connectivity index (χ3n) is 2.39. The summed E-state index contributed by atoms with van der Waals surface area (Å²) in [6.45, 7) is 1.93. The van der Waals surface area contributed by atoms with Crippen LogP contribution in [-0.4, -0.2) is 37.8 Å². The van der Waals surface area contributed by atoms with Gasteiger partial charge in [-0.15, -0.1) is 5.10 Å². The first kappa shape index (κ1) is 12.0. The van der Waals surface area contributed by atoms with E-state index in [0.717, 1.165) is 5.56 Å². The Balaban J connectivity index is 2.46. The highest BCUT2D eigenvalue weighted by Gasteiger charge is 2.15. The molecule has 2 rings (SSSR count). The van der Waals surface area contributed by atoms with Crippen LogP contribution in [0.2, 0.25) is 0 Å². The molecule has 18 heavy (non-hydrogen) atoms. The van der Waals surface area contributed by atoms with Crippen molar-refractivity contribution in [3.63, 3.8) is 0 Å².